The summed E-state index contributed by atoms with van der Waals surface area (Å²) in [6.45, 7) is 7.72. The molecule has 14 heavy (non-hydrogen) atoms. The van der Waals surface area contributed by atoms with Crippen LogP contribution >= 0.6 is 0 Å². The molecule has 1 aliphatic heterocycles. The zero-order chi connectivity index (χ0) is 11.1. The van der Waals surface area contributed by atoms with Gasteiger partial charge in [-0.2, -0.15) is 0 Å². The molecule has 1 unspecified atom stereocenters. The Labute approximate surface area is 84.4 Å². The van der Waals surface area contributed by atoms with Crippen molar-refractivity contribution in [3.8, 4) is 0 Å². The zero-order valence-corrected chi connectivity index (χ0v) is 9.20. The first-order valence-electron chi connectivity index (χ1n) is 4.84. The first-order chi connectivity index (χ1) is 6.16. The lowest BCUT2D eigenvalue weighted by molar-refractivity contribution is -0.142. The lowest BCUT2D eigenvalue weighted by atomic mass is 9.82. The molecule has 4 nitrogen and oxygen atoms in total. The average molecular weight is 201 g/mol. The van der Waals surface area contributed by atoms with Crippen LogP contribution in [0, 0.1) is 5.92 Å². The Balaban J connectivity index is 2.85. The third-order valence-electron chi connectivity index (χ3n) is 2.86. The topological polar surface area (TPSA) is 72.6 Å². The molecule has 1 fully saturated rings. The summed E-state index contributed by atoms with van der Waals surface area (Å²) in [6.07, 6.45) is 0.688. The molecule has 0 radical (unpaired) electrons. The molecule has 0 spiro atoms. The van der Waals surface area contributed by atoms with E-state index >= 15 is 0 Å². The molecule has 1 saturated heterocycles. The van der Waals surface area contributed by atoms with Crippen LogP contribution in [-0.4, -0.2) is 28.3 Å². The molecule has 1 rings (SSSR count). The van der Waals surface area contributed by atoms with Crippen LogP contribution in [0.2, 0.25) is 0 Å². The van der Waals surface area contributed by atoms with Crippen molar-refractivity contribution in [2.24, 2.45) is 11.7 Å². The van der Waals surface area contributed by atoms with Crippen LogP contribution in [-0.2, 0) is 9.53 Å². The Morgan fingerprint density at radius 3 is 2.29 bits per heavy atom. The van der Waals surface area contributed by atoms with E-state index in [0.29, 0.717) is 6.42 Å². The Morgan fingerprint density at radius 1 is 1.50 bits per heavy atom. The van der Waals surface area contributed by atoms with Gasteiger partial charge in [0.05, 0.1) is 11.2 Å². The quantitative estimate of drug-likeness (QED) is 0.699. The zero-order valence-electron chi connectivity index (χ0n) is 9.20. The molecule has 0 aromatic rings. The van der Waals surface area contributed by atoms with Gasteiger partial charge in [0, 0.05) is 5.92 Å². The van der Waals surface area contributed by atoms with Gasteiger partial charge < -0.3 is 15.6 Å². The Kier molecular flexibility index (Phi) is 2.63. The molecule has 82 valence electrons. The molecule has 4 heteroatoms. The molecule has 1 aliphatic rings. The van der Waals surface area contributed by atoms with E-state index < -0.39 is 17.6 Å². The second-order valence-electron chi connectivity index (χ2n) is 5.14. The van der Waals surface area contributed by atoms with Crippen molar-refractivity contribution in [3.63, 3.8) is 0 Å². The highest BCUT2D eigenvalue weighted by atomic mass is 16.5. The molecular formula is C10H19NO3. The van der Waals surface area contributed by atoms with Crippen LogP contribution in [0.1, 0.15) is 34.1 Å². The average Bonchev–Trinajstić information content (AvgIpc) is 2.17. The summed E-state index contributed by atoms with van der Waals surface area (Å²) < 4.78 is 5.78. The summed E-state index contributed by atoms with van der Waals surface area (Å²) in [5.41, 5.74) is 4.91. The lowest BCUT2D eigenvalue weighted by Gasteiger charge is -2.29. The van der Waals surface area contributed by atoms with E-state index in [2.05, 4.69) is 0 Å². The first kappa shape index (κ1) is 11.5. The normalized spacial score (nSPS) is 31.4. The molecule has 0 amide bonds. The van der Waals surface area contributed by atoms with E-state index in [1.54, 1.807) is 0 Å². The standard InChI is InChI=1S/C10H19NO3/c1-9(2)5-6(7(11)8(12)13)10(3,4)14-9/h6-7H,5,11H2,1-4H3,(H,12,13)/t6?,7-/m1/s1. The monoisotopic (exact) mass is 201 g/mol. The van der Waals surface area contributed by atoms with E-state index in [0.717, 1.165) is 0 Å². The van der Waals surface area contributed by atoms with E-state index in [-0.39, 0.29) is 11.5 Å². The molecule has 0 bridgehead atoms. The second kappa shape index (κ2) is 3.21. The summed E-state index contributed by atoms with van der Waals surface area (Å²) in [6, 6.07) is -0.841. The highest BCUT2D eigenvalue weighted by Gasteiger charge is 2.49. The largest absolute Gasteiger partial charge is 0.480 e. The number of hydrogen-bond donors (Lipinski definition) is 2. The van der Waals surface area contributed by atoms with E-state index in [9.17, 15) is 4.79 Å². The van der Waals surface area contributed by atoms with Crippen molar-refractivity contribution >= 4 is 5.97 Å². The van der Waals surface area contributed by atoms with Gasteiger partial charge in [-0.3, -0.25) is 4.79 Å². The third kappa shape index (κ3) is 2.07. The van der Waals surface area contributed by atoms with Crippen LogP contribution in [0.5, 0.6) is 0 Å². The molecule has 2 atom stereocenters. The molecule has 0 saturated carbocycles. The van der Waals surface area contributed by atoms with E-state index in [4.69, 9.17) is 15.6 Å². The molecule has 0 aromatic carbocycles. The summed E-state index contributed by atoms with van der Waals surface area (Å²) in [7, 11) is 0. The van der Waals surface area contributed by atoms with Gasteiger partial charge in [0.2, 0.25) is 0 Å². The van der Waals surface area contributed by atoms with Gasteiger partial charge >= 0.3 is 5.97 Å². The number of carbonyl (C=O) groups is 1. The maximum absolute atomic E-state index is 10.8. The van der Waals surface area contributed by atoms with Gasteiger partial charge in [-0.05, 0) is 34.1 Å². The third-order valence-corrected chi connectivity index (χ3v) is 2.86. The predicted molar refractivity (Wildman–Crippen MR) is 53.0 cm³/mol. The maximum Gasteiger partial charge on any atom is 0.320 e. The lowest BCUT2D eigenvalue weighted by Crippen LogP contribution is -2.45. The molecule has 0 aromatic heterocycles. The highest BCUT2D eigenvalue weighted by Crippen LogP contribution is 2.43. The van der Waals surface area contributed by atoms with Crippen LogP contribution < -0.4 is 5.73 Å². The minimum atomic E-state index is -0.954. The van der Waals surface area contributed by atoms with Crippen molar-refractivity contribution < 1.29 is 14.6 Å². The fourth-order valence-electron chi connectivity index (χ4n) is 2.34. The first-order valence-corrected chi connectivity index (χ1v) is 4.84. The summed E-state index contributed by atoms with van der Waals surface area (Å²) >= 11 is 0. The van der Waals surface area contributed by atoms with Crippen molar-refractivity contribution in [1.29, 1.82) is 0 Å². The van der Waals surface area contributed by atoms with Crippen LogP contribution in [0.3, 0.4) is 0 Å². The minimum absolute atomic E-state index is 0.130. The molecular weight excluding hydrogens is 182 g/mol. The van der Waals surface area contributed by atoms with Crippen LogP contribution in [0.4, 0.5) is 0 Å². The van der Waals surface area contributed by atoms with Gasteiger partial charge in [-0.15, -0.1) is 0 Å². The Bertz CT molecular complexity index is 248. The van der Waals surface area contributed by atoms with Gasteiger partial charge in [0.1, 0.15) is 6.04 Å². The number of nitrogens with two attached hydrogens (primary N) is 1. The summed E-state index contributed by atoms with van der Waals surface area (Å²) in [4.78, 5) is 10.8. The van der Waals surface area contributed by atoms with Gasteiger partial charge in [0.25, 0.3) is 0 Å². The Hall–Kier alpha value is -0.610. The van der Waals surface area contributed by atoms with Crippen molar-refractivity contribution in [2.75, 3.05) is 0 Å². The number of rotatable bonds is 2. The summed E-state index contributed by atoms with van der Waals surface area (Å²) in [5.74, 6) is -1.08. The van der Waals surface area contributed by atoms with Crippen molar-refractivity contribution in [2.45, 2.75) is 51.4 Å². The van der Waals surface area contributed by atoms with E-state index in [1.807, 2.05) is 27.7 Å². The maximum atomic E-state index is 10.8. The van der Waals surface area contributed by atoms with Crippen molar-refractivity contribution in [3.05, 3.63) is 0 Å². The SMILES string of the molecule is CC1(C)CC([C@@H](N)C(=O)O)C(C)(C)O1. The molecule has 3 N–H and O–H groups in total. The van der Waals surface area contributed by atoms with Gasteiger partial charge in [-0.25, -0.2) is 0 Å². The van der Waals surface area contributed by atoms with E-state index in [1.165, 1.54) is 0 Å². The number of aliphatic carboxylic acids is 1. The minimum Gasteiger partial charge on any atom is -0.480 e. The smallest absolute Gasteiger partial charge is 0.320 e. The Morgan fingerprint density at radius 2 is 2.00 bits per heavy atom. The number of hydrogen-bond acceptors (Lipinski definition) is 3. The molecule has 1 heterocycles. The molecule has 0 aliphatic carbocycles. The highest BCUT2D eigenvalue weighted by molar-refractivity contribution is 5.73. The second-order valence-corrected chi connectivity index (χ2v) is 5.14. The number of ether oxygens (including phenoxy) is 1. The van der Waals surface area contributed by atoms with Crippen molar-refractivity contribution in [1.82, 2.24) is 0 Å². The van der Waals surface area contributed by atoms with Gasteiger partial charge in [0.15, 0.2) is 0 Å². The summed E-state index contributed by atoms with van der Waals surface area (Å²) in [5, 5.41) is 8.86. The van der Waals surface area contributed by atoms with Crippen LogP contribution in [0.15, 0.2) is 0 Å². The van der Waals surface area contributed by atoms with Crippen LogP contribution in [0.25, 0.3) is 0 Å². The predicted octanol–water partition coefficient (Wildman–Crippen LogP) is 0.992. The number of carboxylic acids is 1. The fourth-order valence-corrected chi connectivity index (χ4v) is 2.34. The van der Waals surface area contributed by atoms with Gasteiger partial charge in [-0.1, -0.05) is 0 Å². The fraction of sp³-hybridized carbons (Fsp3) is 0.900. The number of carboxylic acid groups (broad SMARTS) is 1.